The number of rotatable bonds is 0. The molecule has 7 aromatic carbocycles. The maximum absolute atomic E-state index is 7.45. The first kappa shape index (κ1) is 24.9. The highest BCUT2D eigenvalue weighted by molar-refractivity contribution is 6.32. The minimum atomic E-state index is -0.667. The summed E-state index contributed by atoms with van der Waals surface area (Å²) in [6, 6.07) is 55.5. The molecule has 0 N–H and O–H groups in total. The van der Waals surface area contributed by atoms with Crippen LogP contribution in [-0.2, 0) is 10.8 Å². The first-order chi connectivity index (χ1) is 22.8. The van der Waals surface area contributed by atoms with Crippen LogP contribution in [0, 0.1) is 0 Å². The van der Waals surface area contributed by atoms with Crippen molar-refractivity contribution < 1.29 is 4.42 Å². The second kappa shape index (κ2) is 8.46. The summed E-state index contributed by atoms with van der Waals surface area (Å²) in [6.45, 7) is 0. The number of halogens is 1. The van der Waals surface area contributed by atoms with Gasteiger partial charge in [0.2, 0.25) is 0 Å². The average molecular weight is 605 g/mol. The Morgan fingerprint density at radius 3 is 1.52 bits per heavy atom. The minimum absolute atomic E-state index is 0.484. The average Bonchev–Trinajstić information content (AvgIpc) is 3.74. The first-order valence-electron chi connectivity index (χ1n) is 15.9. The third-order valence-electron chi connectivity index (χ3n) is 11.0. The van der Waals surface area contributed by atoms with Gasteiger partial charge < -0.3 is 4.42 Å². The Balaban J connectivity index is 1.42. The molecule has 0 atom stereocenters. The molecular formula is C44H25ClO. The predicted molar refractivity (Wildman–Crippen MR) is 187 cm³/mol. The lowest BCUT2D eigenvalue weighted by atomic mass is 9.52. The van der Waals surface area contributed by atoms with Crippen molar-refractivity contribution >= 4 is 33.5 Å². The van der Waals surface area contributed by atoms with Crippen molar-refractivity contribution in [3.05, 3.63) is 201 Å². The second-order valence-corrected chi connectivity index (χ2v) is 13.2. The van der Waals surface area contributed by atoms with Crippen molar-refractivity contribution in [2.75, 3.05) is 0 Å². The Kier molecular flexibility index (Phi) is 4.58. The monoisotopic (exact) mass is 604 g/mol. The molecule has 8 aromatic rings. The highest BCUT2D eigenvalue weighted by Crippen LogP contribution is 2.69. The molecule has 3 aliphatic rings. The molecular weight excluding hydrogens is 580 g/mol. The Morgan fingerprint density at radius 2 is 0.870 bits per heavy atom. The van der Waals surface area contributed by atoms with Gasteiger partial charge in [0, 0.05) is 15.8 Å². The quantitative estimate of drug-likeness (QED) is 0.168. The molecule has 46 heavy (non-hydrogen) atoms. The number of fused-ring (bicyclic) bond motifs is 20. The van der Waals surface area contributed by atoms with Gasteiger partial charge in [0.1, 0.15) is 11.2 Å². The molecule has 1 heterocycles. The molecule has 3 aliphatic carbocycles. The van der Waals surface area contributed by atoms with Crippen LogP contribution >= 0.6 is 11.6 Å². The van der Waals surface area contributed by atoms with Gasteiger partial charge in [0.25, 0.3) is 0 Å². The van der Waals surface area contributed by atoms with E-state index < -0.39 is 10.8 Å². The number of hydrogen-bond acceptors (Lipinski definition) is 1. The standard InChI is InChI=1S/C44H25ClO/c45-37-22-11-15-28-29-24-25-39-40(30-14-3-10-23-38(30)46-39)42(29)44(41(28)37)35-20-8-6-18-33(35)43(34-19-7-9-21-36(34)44)31-16-4-1-12-26(31)27-13-2-5-17-32(27)43/h1-25H. The third kappa shape index (κ3) is 2.62. The molecule has 0 saturated heterocycles. The van der Waals surface area contributed by atoms with Gasteiger partial charge in [-0.3, -0.25) is 0 Å². The van der Waals surface area contributed by atoms with Crippen LogP contribution in [0.25, 0.3) is 44.2 Å². The molecule has 11 rings (SSSR count). The van der Waals surface area contributed by atoms with E-state index in [-0.39, 0.29) is 0 Å². The molecule has 0 unspecified atom stereocenters. The maximum Gasteiger partial charge on any atom is 0.135 e. The topological polar surface area (TPSA) is 13.1 Å². The van der Waals surface area contributed by atoms with Crippen molar-refractivity contribution in [3.63, 3.8) is 0 Å². The SMILES string of the molecule is Clc1cccc2c1C1(c3ccccc3C3(c4ccccc4-c4ccccc43)c3ccccc31)c1c-2ccc2oc3ccccc3c12. The van der Waals surface area contributed by atoms with Crippen molar-refractivity contribution in [2.45, 2.75) is 10.8 Å². The molecule has 0 aliphatic heterocycles. The molecule has 2 spiro atoms. The largest absolute Gasteiger partial charge is 0.456 e. The van der Waals surface area contributed by atoms with E-state index in [1.807, 2.05) is 0 Å². The van der Waals surface area contributed by atoms with Gasteiger partial charge in [0.05, 0.1) is 10.8 Å². The van der Waals surface area contributed by atoms with Crippen molar-refractivity contribution in [2.24, 2.45) is 0 Å². The summed E-state index contributed by atoms with van der Waals surface area (Å²) in [5.41, 5.74) is 15.8. The smallest absolute Gasteiger partial charge is 0.135 e. The lowest BCUT2D eigenvalue weighted by Crippen LogP contribution is -2.44. The zero-order valence-electron chi connectivity index (χ0n) is 24.7. The van der Waals surface area contributed by atoms with Gasteiger partial charge in [-0.15, -0.1) is 0 Å². The van der Waals surface area contributed by atoms with E-state index in [9.17, 15) is 0 Å². The van der Waals surface area contributed by atoms with E-state index in [2.05, 4.69) is 152 Å². The van der Waals surface area contributed by atoms with Crippen LogP contribution < -0.4 is 0 Å². The van der Waals surface area contributed by atoms with Crippen LogP contribution in [0.3, 0.4) is 0 Å². The zero-order valence-corrected chi connectivity index (χ0v) is 25.5. The number of para-hydroxylation sites is 1. The molecule has 0 amide bonds. The maximum atomic E-state index is 7.45. The summed E-state index contributed by atoms with van der Waals surface area (Å²) in [7, 11) is 0. The summed E-state index contributed by atoms with van der Waals surface area (Å²) >= 11 is 7.45. The van der Waals surface area contributed by atoms with Crippen LogP contribution in [0.15, 0.2) is 156 Å². The summed E-state index contributed by atoms with van der Waals surface area (Å²) in [5, 5.41) is 3.07. The van der Waals surface area contributed by atoms with E-state index in [0.29, 0.717) is 0 Å². The van der Waals surface area contributed by atoms with Gasteiger partial charge in [-0.25, -0.2) is 0 Å². The van der Waals surface area contributed by atoms with Crippen molar-refractivity contribution in [1.82, 2.24) is 0 Å². The summed E-state index contributed by atoms with van der Waals surface area (Å²) in [5.74, 6) is 0. The summed E-state index contributed by atoms with van der Waals surface area (Å²) in [6.07, 6.45) is 0. The summed E-state index contributed by atoms with van der Waals surface area (Å²) < 4.78 is 6.57. The molecule has 0 radical (unpaired) electrons. The Hall–Kier alpha value is -5.37. The molecule has 1 aromatic heterocycles. The first-order valence-corrected chi connectivity index (χ1v) is 16.3. The molecule has 2 heteroatoms. The zero-order chi connectivity index (χ0) is 30.2. The van der Waals surface area contributed by atoms with Crippen LogP contribution in [0.1, 0.15) is 44.5 Å². The number of hydrogen-bond donors (Lipinski definition) is 0. The second-order valence-electron chi connectivity index (χ2n) is 12.8. The molecule has 0 bridgehead atoms. The number of benzene rings is 7. The highest BCUT2D eigenvalue weighted by Gasteiger charge is 2.60. The molecule has 0 fully saturated rings. The van der Waals surface area contributed by atoms with Crippen LogP contribution in [0.2, 0.25) is 5.02 Å². The Bertz CT molecular complexity index is 2530. The Morgan fingerprint density at radius 1 is 0.370 bits per heavy atom. The van der Waals surface area contributed by atoms with Gasteiger partial charge in [-0.05, 0) is 85.0 Å². The molecule has 0 saturated carbocycles. The van der Waals surface area contributed by atoms with Gasteiger partial charge in [-0.2, -0.15) is 0 Å². The van der Waals surface area contributed by atoms with Crippen LogP contribution in [-0.4, -0.2) is 0 Å². The lowest BCUT2D eigenvalue weighted by Gasteiger charge is -2.49. The van der Waals surface area contributed by atoms with E-state index in [0.717, 1.165) is 32.5 Å². The van der Waals surface area contributed by atoms with Crippen LogP contribution in [0.4, 0.5) is 0 Å². The van der Waals surface area contributed by atoms with E-state index in [1.54, 1.807) is 0 Å². The predicted octanol–water partition coefficient (Wildman–Crippen LogP) is 11.3. The van der Waals surface area contributed by atoms with Gasteiger partial charge in [0.15, 0.2) is 0 Å². The fourth-order valence-electron chi connectivity index (χ4n) is 9.60. The van der Waals surface area contributed by atoms with Gasteiger partial charge >= 0.3 is 0 Å². The Labute approximate surface area is 271 Å². The van der Waals surface area contributed by atoms with E-state index in [1.165, 1.54) is 61.2 Å². The van der Waals surface area contributed by atoms with Crippen molar-refractivity contribution in [3.8, 4) is 22.3 Å². The normalized spacial score (nSPS) is 15.4. The fraction of sp³-hybridized carbons (Fsp3) is 0.0455. The fourth-order valence-corrected chi connectivity index (χ4v) is 9.92. The molecule has 214 valence electrons. The lowest BCUT2D eigenvalue weighted by molar-refractivity contribution is 0.634. The number of furan rings is 1. The van der Waals surface area contributed by atoms with Crippen molar-refractivity contribution in [1.29, 1.82) is 0 Å². The summed E-state index contributed by atoms with van der Waals surface area (Å²) in [4.78, 5) is 0. The van der Waals surface area contributed by atoms with Gasteiger partial charge in [-0.1, -0.05) is 145 Å². The third-order valence-corrected chi connectivity index (χ3v) is 11.3. The highest BCUT2D eigenvalue weighted by atomic mass is 35.5. The minimum Gasteiger partial charge on any atom is -0.456 e. The van der Waals surface area contributed by atoms with Crippen LogP contribution in [0.5, 0.6) is 0 Å². The molecule has 1 nitrogen and oxygen atoms in total. The van der Waals surface area contributed by atoms with E-state index >= 15 is 0 Å². The van der Waals surface area contributed by atoms with E-state index in [4.69, 9.17) is 16.0 Å².